The van der Waals surface area contributed by atoms with Gasteiger partial charge in [0.05, 0.1) is 16.2 Å². The number of carbonyl (C=O) groups is 1. The molecule has 0 spiro atoms. The number of hydrogen-bond acceptors (Lipinski definition) is 5. The number of carboxylic acid groups (broad SMARTS) is 1. The third kappa shape index (κ3) is 2.57. The Labute approximate surface area is 122 Å². The molecule has 0 unspecified atom stereocenters. The van der Waals surface area contributed by atoms with Crippen LogP contribution in [-0.2, 0) is 6.42 Å². The van der Waals surface area contributed by atoms with Crippen molar-refractivity contribution in [2.45, 2.75) is 13.3 Å². The van der Waals surface area contributed by atoms with Gasteiger partial charge < -0.3 is 10.8 Å². The number of nitrogens with zero attached hydrogens (tertiary/aromatic N) is 1. The summed E-state index contributed by atoms with van der Waals surface area (Å²) in [7, 11) is 0. The topological polar surface area (TPSA) is 106 Å². The first kappa shape index (κ1) is 14.9. The van der Waals surface area contributed by atoms with Gasteiger partial charge in [0.25, 0.3) is 5.69 Å². The number of nitrogen functional groups attached to an aromatic ring is 1. The third-order valence-corrected chi connectivity index (χ3v) is 4.26. The first-order valence-electron chi connectivity index (χ1n) is 5.95. The molecule has 0 aliphatic rings. The minimum absolute atomic E-state index is 0.0426. The monoisotopic (exact) mass is 310 g/mol. The summed E-state index contributed by atoms with van der Waals surface area (Å²) in [6.45, 7) is 1.75. The van der Waals surface area contributed by atoms with E-state index in [0.717, 1.165) is 29.5 Å². The van der Waals surface area contributed by atoms with Crippen molar-refractivity contribution >= 4 is 28.7 Å². The molecule has 0 fully saturated rings. The lowest BCUT2D eigenvalue weighted by Crippen LogP contribution is -1.99. The SMILES string of the molecule is CCc1c(-c2cc(F)ccc2[N+](=O)[O-])sc(C(=O)O)c1N. The zero-order valence-electron chi connectivity index (χ0n) is 10.9. The number of anilines is 1. The van der Waals surface area contributed by atoms with Crippen molar-refractivity contribution in [3.63, 3.8) is 0 Å². The molecule has 0 radical (unpaired) electrons. The van der Waals surface area contributed by atoms with Gasteiger partial charge in [-0.25, -0.2) is 9.18 Å². The van der Waals surface area contributed by atoms with E-state index in [1.165, 1.54) is 0 Å². The summed E-state index contributed by atoms with van der Waals surface area (Å²) in [6, 6.07) is 3.07. The van der Waals surface area contributed by atoms with Gasteiger partial charge in [-0.3, -0.25) is 10.1 Å². The number of nitrogens with two attached hydrogens (primary N) is 1. The van der Waals surface area contributed by atoms with E-state index in [0.29, 0.717) is 16.9 Å². The Balaban J connectivity index is 2.78. The van der Waals surface area contributed by atoms with E-state index < -0.39 is 16.7 Å². The Hall–Kier alpha value is -2.48. The minimum atomic E-state index is -1.21. The number of nitro groups is 1. The molecule has 110 valence electrons. The predicted octanol–water partition coefficient (Wildman–Crippen LogP) is 3.31. The van der Waals surface area contributed by atoms with Crippen LogP contribution in [0.5, 0.6) is 0 Å². The fraction of sp³-hybridized carbons (Fsp3) is 0.154. The van der Waals surface area contributed by atoms with Gasteiger partial charge in [0, 0.05) is 10.9 Å². The molecule has 0 saturated carbocycles. The van der Waals surface area contributed by atoms with Gasteiger partial charge in [-0.2, -0.15) is 0 Å². The molecular formula is C13H11FN2O4S. The third-order valence-electron chi connectivity index (χ3n) is 3.00. The maximum absolute atomic E-state index is 13.4. The van der Waals surface area contributed by atoms with Gasteiger partial charge in [-0.15, -0.1) is 11.3 Å². The Morgan fingerprint density at radius 1 is 1.52 bits per heavy atom. The standard InChI is InChI=1S/C13H11FN2O4S/c1-2-7-10(15)12(13(17)18)21-11(7)8-5-6(14)3-4-9(8)16(19)20/h3-5H,2,15H2,1H3,(H,17,18). The zero-order chi connectivity index (χ0) is 15.7. The summed E-state index contributed by atoms with van der Waals surface area (Å²) in [5, 5.41) is 20.2. The molecular weight excluding hydrogens is 299 g/mol. The molecule has 21 heavy (non-hydrogen) atoms. The zero-order valence-corrected chi connectivity index (χ0v) is 11.7. The van der Waals surface area contributed by atoms with Crippen LogP contribution in [0.25, 0.3) is 10.4 Å². The van der Waals surface area contributed by atoms with Crippen LogP contribution in [0.2, 0.25) is 0 Å². The first-order valence-corrected chi connectivity index (χ1v) is 6.77. The average Bonchev–Trinajstić information content (AvgIpc) is 2.75. The molecule has 0 atom stereocenters. The highest BCUT2D eigenvalue weighted by Crippen LogP contribution is 2.42. The molecule has 0 amide bonds. The van der Waals surface area contributed by atoms with E-state index in [1.807, 2.05) is 0 Å². The van der Waals surface area contributed by atoms with Crippen LogP contribution >= 0.6 is 11.3 Å². The van der Waals surface area contributed by atoms with E-state index >= 15 is 0 Å². The molecule has 1 heterocycles. The fourth-order valence-corrected chi connectivity index (χ4v) is 3.23. The molecule has 2 aromatic rings. The highest BCUT2D eigenvalue weighted by Gasteiger charge is 2.25. The molecule has 0 aliphatic carbocycles. The number of benzene rings is 1. The van der Waals surface area contributed by atoms with Crippen LogP contribution in [0, 0.1) is 15.9 Å². The first-order chi connectivity index (χ1) is 9.86. The molecule has 6 nitrogen and oxygen atoms in total. The Morgan fingerprint density at radius 2 is 2.19 bits per heavy atom. The predicted molar refractivity (Wildman–Crippen MR) is 77.1 cm³/mol. The molecule has 2 rings (SSSR count). The molecule has 3 N–H and O–H groups in total. The van der Waals surface area contributed by atoms with Gasteiger partial charge in [0.1, 0.15) is 10.7 Å². The van der Waals surface area contributed by atoms with Crippen LogP contribution in [0.3, 0.4) is 0 Å². The lowest BCUT2D eigenvalue weighted by molar-refractivity contribution is -0.384. The minimum Gasteiger partial charge on any atom is -0.477 e. The van der Waals surface area contributed by atoms with Crippen molar-refractivity contribution in [3.05, 3.63) is 44.6 Å². The van der Waals surface area contributed by atoms with Crippen molar-refractivity contribution < 1.29 is 19.2 Å². The van der Waals surface area contributed by atoms with Crippen molar-refractivity contribution in [2.75, 3.05) is 5.73 Å². The van der Waals surface area contributed by atoms with E-state index in [1.54, 1.807) is 6.92 Å². The summed E-state index contributed by atoms with van der Waals surface area (Å²) in [5.74, 6) is -1.85. The summed E-state index contributed by atoms with van der Waals surface area (Å²) in [5.41, 5.74) is 6.09. The number of aromatic carboxylic acids is 1. The van der Waals surface area contributed by atoms with Crippen molar-refractivity contribution in [1.29, 1.82) is 0 Å². The van der Waals surface area contributed by atoms with E-state index in [2.05, 4.69) is 0 Å². The van der Waals surface area contributed by atoms with Crippen molar-refractivity contribution in [2.24, 2.45) is 0 Å². The van der Waals surface area contributed by atoms with E-state index in [4.69, 9.17) is 10.8 Å². The number of nitro benzene ring substituents is 1. The van der Waals surface area contributed by atoms with Crippen LogP contribution in [0.15, 0.2) is 18.2 Å². The Bertz CT molecular complexity index is 742. The van der Waals surface area contributed by atoms with Gasteiger partial charge in [0.15, 0.2) is 0 Å². The van der Waals surface area contributed by atoms with E-state index in [9.17, 15) is 19.3 Å². The second-order valence-corrected chi connectivity index (χ2v) is 5.25. The van der Waals surface area contributed by atoms with Crippen molar-refractivity contribution in [1.82, 2.24) is 0 Å². The molecule has 1 aromatic carbocycles. The van der Waals surface area contributed by atoms with Crippen LogP contribution in [-0.4, -0.2) is 16.0 Å². The quantitative estimate of drug-likeness (QED) is 0.665. The smallest absolute Gasteiger partial charge is 0.348 e. The van der Waals surface area contributed by atoms with Gasteiger partial charge in [0.2, 0.25) is 0 Å². The highest BCUT2D eigenvalue weighted by atomic mass is 32.1. The second-order valence-electron chi connectivity index (χ2n) is 4.23. The van der Waals surface area contributed by atoms with Crippen LogP contribution in [0.4, 0.5) is 15.8 Å². The normalized spacial score (nSPS) is 10.6. The second kappa shape index (κ2) is 5.49. The summed E-state index contributed by atoms with van der Waals surface area (Å²) in [6.07, 6.45) is 0.388. The Morgan fingerprint density at radius 3 is 2.71 bits per heavy atom. The number of hydrogen-bond donors (Lipinski definition) is 2. The summed E-state index contributed by atoms with van der Waals surface area (Å²) < 4.78 is 13.4. The lowest BCUT2D eigenvalue weighted by Gasteiger charge is -2.04. The molecule has 0 bridgehead atoms. The van der Waals surface area contributed by atoms with Crippen LogP contribution < -0.4 is 5.73 Å². The van der Waals surface area contributed by atoms with Gasteiger partial charge in [-0.1, -0.05) is 6.92 Å². The summed E-state index contributed by atoms with van der Waals surface area (Å²) in [4.78, 5) is 21.8. The fourth-order valence-electron chi connectivity index (χ4n) is 2.05. The number of thiophene rings is 1. The molecule has 0 aliphatic heterocycles. The molecule has 1 aromatic heterocycles. The maximum Gasteiger partial charge on any atom is 0.348 e. The molecule has 8 heteroatoms. The number of carboxylic acids is 1. The maximum atomic E-state index is 13.4. The van der Waals surface area contributed by atoms with E-state index in [-0.39, 0.29) is 21.8 Å². The number of halogens is 1. The highest BCUT2D eigenvalue weighted by molar-refractivity contribution is 7.18. The van der Waals surface area contributed by atoms with Crippen LogP contribution in [0.1, 0.15) is 22.2 Å². The largest absolute Gasteiger partial charge is 0.477 e. The average molecular weight is 310 g/mol. The molecule has 0 saturated heterocycles. The lowest BCUT2D eigenvalue weighted by atomic mass is 10.0. The van der Waals surface area contributed by atoms with Crippen molar-refractivity contribution in [3.8, 4) is 10.4 Å². The van der Waals surface area contributed by atoms with Gasteiger partial charge >= 0.3 is 5.97 Å². The Kier molecular flexibility index (Phi) is 3.90. The number of rotatable bonds is 4. The summed E-state index contributed by atoms with van der Waals surface area (Å²) >= 11 is 0.817. The van der Waals surface area contributed by atoms with Gasteiger partial charge in [-0.05, 0) is 24.1 Å².